The standard InChI is InChI=1S/C11H15NO3/c1-5-15-11(13)9-7(2)6-8(3)12-10(9)14-4/h6H,5H2,1-4H3. The van der Waals surface area contributed by atoms with Gasteiger partial charge in [0.1, 0.15) is 5.56 Å². The van der Waals surface area contributed by atoms with Crippen molar-refractivity contribution < 1.29 is 14.3 Å². The lowest BCUT2D eigenvalue weighted by atomic mass is 10.1. The summed E-state index contributed by atoms with van der Waals surface area (Å²) in [5.74, 6) is -0.0645. The number of carbonyl (C=O) groups is 1. The fourth-order valence-corrected chi connectivity index (χ4v) is 1.40. The predicted molar refractivity (Wildman–Crippen MR) is 56.2 cm³/mol. The SMILES string of the molecule is CCOC(=O)c1c(C)cc(C)nc1OC. The Balaban J connectivity index is 3.20. The van der Waals surface area contributed by atoms with Gasteiger partial charge in [-0.25, -0.2) is 9.78 Å². The molecule has 4 nitrogen and oxygen atoms in total. The highest BCUT2D eigenvalue weighted by molar-refractivity contribution is 5.93. The van der Waals surface area contributed by atoms with Gasteiger partial charge in [0.15, 0.2) is 0 Å². The molecular formula is C11H15NO3. The van der Waals surface area contributed by atoms with Gasteiger partial charge in [0.2, 0.25) is 5.88 Å². The van der Waals surface area contributed by atoms with Crippen molar-refractivity contribution in [3.05, 3.63) is 22.9 Å². The van der Waals surface area contributed by atoms with Crippen molar-refractivity contribution in [2.45, 2.75) is 20.8 Å². The minimum absolute atomic E-state index is 0.325. The van der Waals surface area contributed by atoms with Crippen molar-refractivity contribution >= 4 is 5.97 Å². The second kappa shape index (κ2) is 4.77. The van der Waals surface area contributed by atoms with E-state index in [-0.39, 0.29) is 5.97 Å². The van der Waals surface area contributed by atoms with Crippen LogP contribution < -0.4 is 4.74 Å². The van der Waals surface area contributed by atoms with Crippen molar-refractivity contribution in [3.8, 4) is 5.88 Å². The Hall–Kier alpha value is -1.58. The smallest absolute Gasteiger partial charge is 0.343 e. The molecule has 4 heteroatoms. The molecule has 0 amide bonds. The van der Waals surface area contributed by atoms with Crippen LogP contribution in [-0.2, 0) is 4.74 Å². The fourth-order valence-electron chi connectivity index (χ4n) is 1.40. The molecule has 1 rings (SSSR count). The highest BCUT2D eigenvalue weighted by Crippen LogP contribution is 2.21. The molecule has 1 aromatic heterocycles. The number of pyridine rings is 1. The molecule has 0 aliphatic heterocycles. The largest absolute Gasteiger partial charge is 0.480 e. The highest BCUT2D eigenvalue weighted by Gasteiger charge is 2.18. The second-order valence-electron chi connectivity index (χ2n) is 3.19. The van der Waals surface area contributed by atoms with E-state index in [1.165, 1.54) is 7.11 Å². The number of ether oxygens (including phenoxy) is 2. The maximum Gasteiger partial charge on any atom is 0.343 e. The van der Waals surface area contributed by atoms with Gasteiger partial charge in [0, 0.05) is 5.69 Å². The molecule has 0 unspecified atom stereocenters. The van der Waals surface area contributed by atoms with Gasteiger partial charge in [-0.2, -0.15) is 0 Å². The van der Waals surface area contributed by atoms with E-state index in [1.807, 2.05) is 19.9 Å². The third-order valence-electron chi connectivity index (χ3n) is 1.98. The summed E-state index contributed by atoms with van der Waals surface area (Å²) >= 11 is 0. The summed E-state index contributed by atoms with van der Waals surface area (Å²) in [6.45, 7) is 5.80. The number of aryl methyl sites for hydroxylation is 2. The summed E-state index contributed by atoms with van der Waals surface area (Å²) in [6.07, 6.45) is 0. The first kappa shape index (κ1) is 11.5. The van der Waals surface area contributed by atoms with Crippen LogP contribution in [0.1, 0.15) is 28.5 Å². The van der Waals surface area contributed by atoms with Gasteiger partial charge >= 0.3 is 5.97 Å². The quantitative estimate of drug-likeness (QED) is 0.713. The predicted octanol–water partition coefficient (Wildman–Crippen LogP) is 1.88. The van der Waals surface area contributed by atoms with Crippen molar-refractivity contribution in [2.24, 2.45) is 0 Å². The summed E-state index contributed by atoms with van der Waals surface area (Å²) in [5.41, 5.74) is 2.04. The summed E-state index contributed by atoms with van der Waals surface area (Å²) in [6, 6.07) is 1.83. The van der Waals surface area contributed by atoms with Crippen molar-refractivity contribution in [1.29, 1.82) is 0 Å². The Morgan fingerprint density at radius 2 is 2.13 bits per heavy atom. The third kappa shape index (κ3) is 2.46. The third-order valence-corrected chi connectivity index (χ3v) is 1.98. The second-order valence-corrected chi connectivity index (χ2v) is 3.19. The van der Waals surface area contributed by atoms with E-state index in [2.05, 4.69) is 4.98 Å². The number of aromatic nitrogens is 1. The fraction of sp³-hybridized carbons (Fsp3) is 0.455. The van der Waals surface area contributed by atoms with E-state index in [9.17, 15) is 4.79 Å². The number of hydrogen-bond donors (Lipinski definition) is 0. The van der Waals surface area contributed by atoms with Gasteiger partial charge in [0.25, 0.3) is 0 Å². The number of carbonyl (C=O) groups excluding carboxylic acids is 1. The summed E-state index contributed by atoms with van der Waals surface area (Å²) in [4.78, 5) is 15.7. The van der Waals surface area contributed by atoms with Crippen LogP contribution in [-0.4, -0.2) is 24.7 Å². The summed E-state index contributed by atoms with van der Waals surface area (Å²) < 4.78 is 9.99. The van der Waals surface area contributed by atoms with Crippen LogP contribution in [0.3, 0.4) is 0 Å². The average Bonchev–Trinajstić information content (AvgIpc) is 2.16. The molecular weight excluding hydrogens is 194 g/mol. The van der Waals surface area contributed by atoms with Crippen LogP contribution >= 0.6 is 0 Å². The zero-order valence-corrected chi connectivity index (χ0v) is 9.46. The molecule has 15 heavy (non-hydrogen) atoms. The molecule has 82 valence electrons. The summed E-state index contributed by atoms with van der Waals surface area (Å²) in [5, 5.41) is 0. The first-order chi connectivity index (χ1) is 7.10. The lowest BCUT2D eigenvalue weighted by Crippen LogP contribution is -2.10. The van der Waals surface area contributed by atoms with Gasteiger partial charge < -0.3 is 9.47 Å². The Morgan fingerprint density at radius 3 is 2.67 bits per heavy atom. The molecule has 0 aliphatic carbocycles. The first-order valence-electron chi connectivity index (χ1n) is 4.79. The minimum atomic E-state index is -0.389. The van der Waals surface area contributed by atoms with Crippen LogP contribution in [0.4, 0.5) is 0 Å². The number of nitrogens with zero attached hydrogens (tertiary/aromatic N) is 1. The molecule has 0 saturated heterocycles. The monoisotopic (exact) mass is 209 g/mol. The molecule has 0 atom stereocenters. The topological polar surface area (TPSA) is 48.4 Å². The van der Waals surface area contributed by atoms with E-state index in [1.54, 1.807) is 6.92 Å². The minimum Gasteiger partial charge on any atom is -0.480 e. The van der Waals surface area contributed by atoms with E-state index in [0.717, 1.165) is 11.3 Å². The molecule has 1 heterocycles. The Bertz CT molecular complexity index is 374. The van der Waals surface area contributed by atoms with Gasteiger partial charge in [-0.1, -0.05) is 0 Å². The van der Waals surface area contributed by atoms with E-state index in [4.69, 9.17) is 9.47 Å². The Morgan fingerprint density at radius 1 is 1.47 bits per heavy atom. The van der Waals surface area contributed by atoms with Crippen molar-refractivity contribution in [3.63, 3.8) is 0 Å². The zero-order valence-electron chi connectivity index (χ0n) is 9.46. The molecule has 0 N–H and O–H groups in total. The Kier molecular flexibility index (Phi) is 3.66. The van der Waals surface area contributed by atoms with Gasteiger partial charge in [0.05, 0.1) is 13.7 Å². The average molecular weight is 209 g/mol. The number of rotatable bonds is 3. The van der Waals surface area contributed by atoms with Crippen LogP contribution in [0.2, 0.25) is 0 Å². The van der Waals surface area contributed by atoms with Crippen LogP contribution in [0, 0.1) is 13.8 Å². The lowest BCUT2D eigenvalue weighted by Gasteiger charge is -2.10. The van der Waals surface area contributed by atoms with Crippen molar-refractivity contribution in [2.75, 3.05) is 13.7 Å². The molecule has 1 aromatic rings. The van der Waals surface area contributed by atoms with Crippen LogP contribution in [0.15, 0.2) is 6.07 Å². The van der Waals surface area contributed by atoms with E-state index in [0.29, 0.717) is 18.1 Å². The molecule has 0 bridgehead atoms. The molecule has 0 spiro atoms. The first-order valence-corrected chi connectivity index (χ1v) is 4.79. The molecule has 0 aromatic carbocycles. The van der Waals surface area contributed by atoms with Crippen LogP contribution in [0.5, 0.6) is 5.88 Å². The molecule has 0 radical (unpaired) electrons. The van der Waals surface area contributed by atoms with Crippen molar-refractivity contribution in [1.82, 2.24) is 4.98 Å². The van der Waals surface area contributed by atoms with Gasteiger partial charge in [-0.3, -0.25) is 0 Å². The van der Waals surface area contributed by atoms with E-state index < -0.39 is 0 Å². The van der Waals surface area contributed by atoms with Gasteiger partial charge in [-0.15, -0.1) is 0 Å². The molecule has 0 aliphatic rings. The summed E-state index contributed by atoms with van der Waals surface area (Å²) in [7, 11) is 1.49. The number of hydrogen-bond acceptors (Lipinski definition) is 4. The maximum atomic E-state index is 11.6. The highest BCUT2D eigenvalue weighted by atomic mass is 16.5. The maximum absolute atomic E-state index is 11.6. The lowest BCUT2D eigenvalue weighted by molar-refractivity contribution is 0.0521. The normalized spacial score (nSPS) is 9.87. The zero-order chi connectivity index (χ0) is 11.4. The van der Waals surface area contributed by atoms with E-state index >= 15 is 0 Å². The molecule has 0 saturated carbocycles. The molecule has 0 fully saturated rings. The number of methoxy groups -OCH3 is 1. The Labute approximate surface area is 89.2 Å². The number of esters is 1. The van der Waals surface area contributed by atoms with Crippen LogP contribution in [0.25, 0.3) is 0 Å². The van der Waals surface area contributed by atoms with Gasteiger partial charge in [-0.05, 0) is 32.4 Å².